The number of aromatic nitrogens is 2. The molecule has 0 bridgehead atoms. The molecule has 0 spiro atoms. The van der Waals surface area contributed by atoms with Crippen LogP contribution in [0.1, 0.15) is 12.0 Å². The van der Waals surface area contributed by atoms with E-state index in [2.05, 4.69) is 42.8 Å². The first-order valence-electron chi connectivity index (χ1n) is 14.0. The smallest absolute Gasteiger partial charge is 0.234 e. The number of fused-ring (bicyclic) bond motifs is 1. The van der Waals surface area contributed by atoms with Gasteiger partial charge in [-0.25, -0.2) is 14.4 Å². The number of ether oxygens (including phenoxy) is 1. The average Bonchev–Trinajstić information content (AvgIpc) is 2.98. The fourth-order valence-corrected chi connectivity index (χ4v) is 4.89. The lowest BCUT2D eigenvalue weighted by Crippen LogP contribution is -2.48. The van der Waals surface area contributed by atoms with Crippen LogP contribution in [0.2, 0.25) is 5.02 Å². The largest absolute Gasteiger partial charge is 0.487 e. The number of anilines is 3. The molecule has 3 N–H and O–H groups in total. The van der Waals surface area contributed by atoms with Crippen molar-refractivity contribution in [1.82, 2.24) is 25.1 Å². The molecule has 5 rings (SSSR count). The van der Waals surface area contributed by atoms with Gasteiger partial charge in [0.1, 0.15) is 30.3 Å². The maximum Gasteiger partial charge on any atom is 0.234 e. The van der Waals surface area contributed by atoms with Crippen molar-refractivity contribution in [2.24, 2.45) is 0 Å². The molecule has 1 aliphatic rings. The maximum absolute atomic E-state index is 13.4. The number of amides is 2. The quantitative estimate of drug-likeness (QED) is 0.230. The monoisotopic (exact) mass is 605 g/mol. The minimum absolute atomic E-state index is 0.0813. The second kappa shape index (κ2) is 14.2. The minimum Gasteiger partial charge on any atom is -0.487 e. The first kappa shape index (κ1) is 30.1. The molecule has 3 aromatic carbocycles. The van der Waals surface area contributed by atoms with Crippen LogP contribution in [-0.2, 0) is 16.2 Å². The highest BCUT2D eigenvalue weighted by atomic mass is 35.5. The molecule has 1 aliphatic heterocycles. The number of carbonyl (C=O) groups excluding carboxylic acids is 2. The van der Waals surface area contributed by atoms with Gasteiger partial charge in [-0.05, 0) is 61.1 Å². The summed E-state index contributed by atoms with van der Waals surface area (Å²) in [5.74, 6) is 0.368. The zero-order valence-electron chi connectivity index (χ0n) is 23.8. The van der Waals surface area contributed by atoms with Gasteiger partial charge in [0.25, 0.3) is 0 Å². The Bertz CT molecular complexity index is 1600. The summed E-state index contributed by atoms with van der Waals surface area (Å²) in [6.45, 7) is 4.38. The predicted octanol–water partition coefficient (Wildman–Crippen LogP) is 4.44. The van der Waals surface area contributed by atoms with Gasteiger partial charge >= 0.3 is 0 Å². The summed E-state index contributed by atoms with van der Waals surface area (Å²) in [6, 6.07) is 16.8. The second-order valence-electron chi connectivity index (χ2n) is 10.4. The molecule has 4 aromatic rings. The van der Waals surface area contributed by atoms with Gasteiger partial charge in [-0.3, -0.25) is 14.5 Å². The lowest BCUT2D eigenvalue weighted by molar-refractivity contribution is -0.122. The summed E-state index contributed by atoms with van der Waals surface area (Å²) >= 11 is 6.46. The van der Waals surface area contributed by atoms with Gasteiger partial charge in [0.2, 0.25) is 11.8 Å². The van der Waals surface area contributed by atoms with E-state index in [1.807, 2.05) is 0 Å². The van der Waals surface area contributed by atoms with Crippen molar-refractivity contribution in [3.63, 3.8) is 0 Å². The molecule has 0 aliphatic carbocycles. The van der Waals surface area contributed by atoms with Crippen LogP contribution in [0.15, 0.2) is 67.0 Å². The van der Waals surface area contributed by atoms with Crippen molar-refractivity contribution < 1.29 is 18.7 Å². The van der Waals surface area contributed by atoms with E-state index in [9.17, 15) is 14.0 Å². The van der Waals surface area contributed by atoms with Crippen LogP contribution in [0.5, 0.6) is 5.75 Å². The number of piperazine rings is 1. The molecule has 12 heteroatoms. The normalized spacial score (nSPS) is 13.9. The summed E-state index contributed by atoms with van der Waals surface area (Å²) < 4.78 is 19.2. The van der Waals surface area contributed by atoms with Crippen molar-refractivity contribution in [2.75, 3.05) is 56.9 Å². The van der Waals surface area contributed by atoms with Gasteiger partial charge in [-0.2, -0.15) is 0 Å². The molecular formula is C31H33ClFN7O3. The lowest BCUT2D eigenvalue weighted by atomic mass is 10.2. The van der Waals surface area contributed by atoms with E-state index in [1.165, 1.54) is 18.5 Å². The zero-order chi connectivity index (χ0) is 30.2. The molecule has 2 amide bonds. The average molecular weight is 606 g/mol. The number of carbonyl (C=O) groups is 2. The fourth-order valence-electron chi connectivity index (χ4n) is 4.66. The van der Waals surface area contributed by atoms with Gasteiger partial charge in [0.15, 0.2) is 0 Å². The molecule has 2 heterocycles. The summed E-state index contributed by atoms with van der Waals surface area (Å²) in [4.78, 5) is 37.9. The van der Waals surface area contributed by atoms with Crippen molar-refractivity contribution in [3.8, 4) is 5.75 Å². The number of halogens is 2. The Kier molecular flexibility index (Phi) is 9.98. The first-order valence-corrected chi connectivity index (χ1v) is 14.4. The Hall–Kier alpha value is -4.32. The van der Waals surface area contributed by atoms with E-state index in [-0.39, 0.29) is 37.2 Å². The van der Waals surface area contributed by atoms with Gasteiger partial charge in [0, 0.05) is 55.9 Å². The van der Waals surface area contributed by atoms with Crippen LogP contribution in [-0.4, -0.2) is 77.9 Å². The molecule has 0 saturated carbocycles. The van der Waals surface area contributed by atoms with Crippen LogP contribution in [0, 0.1) is 5.82 Å². The third-order valence-corrected chi connectivity index (χ3v) is 7.33. The second-order valence-corrected chi connectivity index (χ2v) is 10.8. The molecule has 0 radical (unpaired) electrons. The molecular weight excluding hydrogens is 573 g/mol. The summed E-state index contributed by atoms with van der Waals surface area (Å²) in [6.07, 6.45) is 1.60. The van der Waals surface area contributed by atoms with E-state index >= 15 is 0 Å². The molecule has 0 atom stereocenters. The van der Waals surface area contributed by atoms with Crippen LogP contribution < -0.4 is 20.7 Å². The van der Waals surface area contributed by atoms with E-state index in [4.69, 9.17) is 16.3 Å². The van der Waals surface area contributed by atoms with Gasteiger partial charge < -0.3 is 25.6 Å². The summed E-state index contributed by atoms with van der Waals surface area (Å²) in [7, 11) is 2.07. The Balaban J connectivity index is 1.16. The lowest BCUT2D eigenvalue weighted by Gasteiger charge is -2.31. The van der Waals surface area contributed by atoms with Crippen molar-refractivity contribution in [1.29, 1.82) is 0 Å². The molecule has 43 heavy (non-hydrogen) atoms. The van der Waals surface area contributed by atoms with E-state index in [1.54, 1.807) is 48.5 Å². The summed E-state index contributed by atoms with van der Waals surface area (Å²) in [5, 5.41) is 10.0. The Labute approximate surface area is 254 Å². The number of rotatable bonds is 11. The highest BCUT2D eigenvalue weighted by molar-refractivity contribution is 6.32. The number of likely N-dealkylation sites (N-methyl/N-ethyl adjacent to an activating group) is 1. The van der Waals surface area contributed by atoms with Crippen LogP contribution in [0.4, 0.5) is 21.6 Å². The zero-order valence-corrected chi connectivity index (χ0v) is 24.5. The third-order valence-electron chi connectivity index (χ3n) is 7.03. The van der Waals surface area contributed by atoms with E-state index in [0.717, 1.165) is 26.2 Å². The Morgan fingerprint density at radius 3 is 2.58 bits per heavy atom. The minimum atomic E-state index is -0.327. The predicted molar refractivity (Wildman–Crippen MR) is 165 cm³/mol. The SMILES string of the molecule is CN1CCN(CC(=O)NCCC(=O)Nc2ccc3ncnc(Nc4ccc(OCc5cccc(F)c5)c(Cl)c4)c3c2)CC1. The van der Waals surface area contributed by atoms with Gasteiger partial charge in [-0.15, -0.1) is 0 Å². The molecule has 1 aromatic heterocycles. The van der Waals surface area contributed by atoms with Crippen molar-refractivity contribution in [3.05, 3.63) is 83.4 Å². The van der Waals surface area contributed by atoms with Crippen LogP contribution in [0.3, 0.4) is 0 Å². The van der Waals surface area contributed by atoms with Crippen LogP contribution in [0.25, 0.3) is 10.9 Å². The van der Waals surface area contributed by atoms with E-state index < -0.39 is 0 Å². The van der Waals surface area contributed by atoms with Gasteiger partial charge in [-0.1, -0.05) is 23.7 Å². The number of hydrogen-bond acceptors (Lipinski definition) is 8. The van der Waals surface area contributed by atoms with Crippen molar-refractivity contribution >= 4 is 51.5 Å². The number of benzene rings is 3. The highest BCUT2D eigenvalue weighted by Gasteiger charge is 2.16. The standard InChI is InChI=1S/C31H33ClFN7O3/c1-39-11-13-40(14-12-39)18-30(42)34-10-9-29(41)37-23-5-7-27-25(16-23)31(36-20-35-27)38-24-6-8-28(26(32)17-24)43-19-21-3-2-4-22(33)15-21/h2-8,15-17,20H,9-14,18-19H2,1H3,(H,34,42)(H,37,41)(H,35,36,38). The topological polar surface area (TPSA) is 112 Å². The number of nitrogens with one attached hydrogen (secondary N) is 3. The molecule has 1 fully saturated rings. The van der Waals surface area contributed by atoms with E-state index in [0.29, 0.717) is 51.0 Å². The van der Waals surface area contributed by atoms with Gasteiger partial charge in [0.05, 0.1) is 17.1 Å². The third kappa shape index (κ3) is 8.60. The molecule has 224 valence electrons. The first-order chi connectivity index (χ1) is 20.8. The number of nitrogens with zero attached hydrogens (tertiary/aromatic N) is 4. The molecule has 1 saturated heterocycles. The molecule has 0 unspecified atom stereocenters. The van der Waals surface area contributed by atoms with Crippen molar-refractivity contribution in [2.45, 2.75) is 13.0 Å². The highest BCUT2D eigenvalue weighted by Crippen LogP contribution is 2.31. The molecule has 10 nitrogen and oxygen atoms in total. The Morgan fingerprint density at radius 1 is 0.977 bits per heavy atom. The fraction of sp³-hybridized carbons (Fsp3) is 0.290. The Morgan fingerprint density at radius 2 is 1.79 bits per heavy atom. The maximum atomic E-state index is 13.4. The number of hydrogen-bond donors (Lipinski definition) is 3. The summed E-state index contributed by atoms with van der Waals surface area (Å²) in [5.41, 5.74) is 2.63. The van der Waals surface area contributed by atoms with Crippen LogP contribution >= 0.6 is 11.6 Å².